The van der Waals surface area contributed by atoms with E-state index in [9.17, 15) is 9.59 Å². The Morgan fingerprint density at radius 3 is 2.29 bits per heavy atom. The molecule has 132 valence electrons. The Hall–Kier alpha value is -1.66. The van der Waals surface area contributed by atoms with Crippen LogP contribution in [0.2, 0.25) is 0 Å². The van der Waals surface area contributed by atoms with Gasteiger partial charge in [0.15, 0.2) is 0 Å². The number of methoxy groups -OCH3 is 1. The number of hydrogen-bond acceptors (Lipinski definition) is 5. The Bertz CT molecular complexity index is 590. The van der Waals surface area contributed by atoms with E-state index in [4.69, 9.17) is 10.5 Å². The van der Waals surface area contributed by atoms with Gasteiger partial charge in [-0.25, -0.2) is 0 Å². The summed E-state index contributed by atoms with van der Waals surface area (Å²) in [5.41, 5.74) is 6.20. The highest BCUT2D eigenvalue weighted by molar-refractivity contribution is 9.10. The van der Waals surface area contributed by atoms with E-state index >= 15 is 0 Å². The van der Waals surface area contributed by atoms with E-state index in [-0.39, 0.29) is 6.42 Å². The molecular weight excluding hydrogens is 374 g/mol. The normalized spacial score (nSPS) is 14.2. The van der Waals surface area contributed by atoms with Gasteiger partial charge < -0.3 is 15.2 Å². The second-order valence-electron chi connectivity index (χ2n) is 6.38. The van der Waals surface area contributed by atoms with Crippen molar-refractivity contribution in [3.8, 4) is 0 Å². The fourth-order valence-electron chi connectivity index (χ4n) is 1.99. The monoisotopic (exact) mass is 397 g/mol. The van der Waals surface area contributed by atoms with Crippen molar-refractivity contribution >= 4 is 33.9 Å². The molecule has 5 nitrogen and oxygen atoms in total. The summed E-state index contributed by atoms with van der Waals surface area (Å²) in [6.07, 6.45) is 3.95. The maximum Gasteiger partial charge on any atom is 0.323 e. The van der Waals surface area contributed by atoms with Crippen molar-refractivity contribution in [3.05, 3.63) is 40.4 Å². The largest absolute Gasteiger partial charge is 0.468 e. The SMILES string of the molecule is COC(=O)C(N)C(C/C=C/c1ccc(Br)cc1)C(=O)OC(C)(C)C. The molecule has 1 aromatic rings. The summed E-state index contributed by atoms with van der Waals surface area (Å²) >= 11 is 3.37. The van der Waals surface area contributed by atoms with Crippen LogP contribution in [0.15, 0.2) is 34.8 Å². The van der Waals surface area contributed by atoms with Crippen LogP contribution in [0.25, 0.3) is 6.08 Å². The predicted molar refractivity (Wildman–Crippen MR) is 97.1 cm³/mol. The highest BCUT2D eigenvalue weighted by Gasteiger charge is 2.34. The van der Waals surface area contributed by atoms with Gasteiger partial charge in [0, 0.05) is 4.47 Å². The molecule has 0 radical (unpaired) electrons. The van der Waals surface area contributed by atoms with Crippen LogP contribution in [-0.2, 0) is 19.1 Å². The molecular formula is C18H24BrNO4. The minimum absolute atomic E-state index is 0.279. The lowest BCUT2D eigenvalue weighted by Crippen LogP contribution is -2.44. The van der Waals surface area contributed by atoms with Crippen LogP contribution in [0.5, 0.6) is 0 Å². The molecule has 1 aromatic carbocycles. The maximum atomic E-state index is 12.4. The third-order valence-electron chi connectivity index (χ3n) is 3.19. The van der Waals surface area contributed by atoms with Gasteiger partial charge in [0.2, 0.25) is 0 Å². The summed E-state index contributed by atoms with van der Waals surface area (Å²) in [4.78, 5) is 24.1. The number of benzene rings is 1. The zero-order valence-electron chi connectivity index (χ0n) is 14.4. The van der Waals surface area contributed by atoms with Crippen molar-refractivity contribution in [2.45, 2.75) is 38.8 Å². The number of hydrogen-bond donors (Lipinski definition) is 1. The molecule has 2 atom stereocenters. The molecule has 0 amide bonds. The lowest BCUT2D eigenvalue weighted by molar-refractivity contribution is -0.164. The number of halogens is 1. The molecule has 2 unspecified atom stereocenters. The fourth-order valence-corrected chi connectivity index (χ4v) is 2.26. The maximum absolute atomic E-state index is 12.4. The molecule has 0 saturated carbocycles. The Balaban J connectivity index is 2.86. The van der Waals surface area contributed by atoms with E-state index in [1.54, 1.807) is 26.8 Å². The van der Waals surface area contributed by atoms with Gasteiger partial charge >= 0.3 is 11.9 Å². The zero-order valence-corrected chi connectivity index (χ0v) is 16.0. The first-order valence-corrected chi connectivity index (χ1v) is 8.41. The number of esters is 2. The first-order chi connectivity index (χ1) is 11.1. The molecule has 0 aliphatic heterocycles. The topological polar surface area (TPSA) is 78.6 Å². The third-order valence-corrected chi connectivity index (χ3v) is 3.72. The molecule has 6 heteroatoms. The third kappa shape index (κ3) is 6.84. The second kappa shape index (κ2) is 8.99. The Morgan fingerprint density at radius 1 is 1.21 bits per heavy atom. The summed E-state index contributed by atoms with van der Waals surface area (Å²) in [5, 5.41) is 0. The Labute approximate surface area is 151 Å². The molecule has 0 heterocycles. The summed E-state index contributed by atoms with van der Waals surface area (Å²) in [6, 6.07) is 6.64. The summed E-state index contributed by atoms with van der Waals surface area (Å²) in [6.45, 7) is 5.30. The van der Waals surface area contributed by atoms with E-state index in [2.05, 4.69) is 20.7 Å². The molecule has 0 aliphatic carbocycles. The van der Waals surface area contributed by atoms with E-state index in [1.165, 1.54) is 7.11 Å². The molecule has 2 N–H and O–H groups in total. The number of allylic oxidation sites excluding steroid dienone is 1. The van der Waals surface area contributed by atoms with Crippen LogP contribution in [0.4, 0.5) is 0 Å². The molecule has 0 aliphatic rings. The molecule has 24 heavy (non-hydrogen) atoms. The first kappa shape index (κ1) is 20.4. The van der Waals surface area contributed by atoms with E-state index in [1.807, 2.05) is 30.3 Å². The van der Waals surface area contributed by atoms with Gasteiger partial charge in [0.05, 0.1) is 13.0 Å². The molecule has 0 aromatic heterocycles. The van der Waals surface area contributed by atoms with Gasteiger partial charge in [-0.15, -0.1) is 0 Å². The van der Waals surface area contributed by atoms with Gasteiger partial charge in [-0.3, -0.25) is 9.59 Å². The van der Waals surface area contributed by atoms with Crippen LogP contribution in [0, 0.1) is 5.92 Å². The molecule has 0 saturated heterocycles. The highest BCUT2D eigenvalue weighted by atomic mass is 79.9. The average molecular weight is 398 g/mol. The standard InChI is InChI=1S/C18H24BrNO4/c1-18(2,3)24-16(21)14(15(20)17(22)23-4)7-5-6-12-8-10-13(19)11-9-12/h5-6,8-11,14-15H,7,20H2,1-4H3/b6-5+. The van der Waals surface area contributed by atoms with Crippen molar-refractivity contribution in [2.24, 2.45) is 11.7 Å². The lowest BCUT2D eigenvalue weighted by atomic mass is 9.95. The number of carbonyl (C=O) groups excluding carboxylic acids is 2. The Kier molecular flexibility index (Phi) is 7.63. The highest BCUT2D eigenvalue weighted by Crippen LogP contribution is 2.19. The number of carbonyl (C=O) groups is 2. The van der Waals surface area contributed by atoms with Crippen molar-refractivity contribution in [1.29, 1.82) is 0 Å². The summed E-state index contributed by atoms with van der Waals surface area (Å²) in [7, 11) is 1.24. The minimum Gasteiger partial charge on any atom is -0.468 e. The van der Waals surface area contributed by atoms with Crippen molar-refractivity contribution in [2.75, 3.05) is 7.11 Å². The van der Waals surface area contributed by atoms with Crippen molar-refractivity contribution in [3.63, 3.8) is 0 Å². The summed E-state index contributed by atoms with van der Waals surface area (Å²) < 4.78 is 11.0. The number of nitrogens with two attached hydrogens (primary N) is 1. The molecule has 0 fully saturated rings. The van der Waals surface area contributed by atoms with Crippen molar-refractivity contribution < 1.29 is 19.1 Å². The quantitative estimate of drug-likeness (QED) is 0.744. The van der Waals surface area contributed by atoms with Gasteiger partial charge in [-0.05, 0) is 44.9 Å². The van der Waals surface area contributed by atoms with Crippen LogP contribution < -0.4 is 5.73 Å². The molecule has 1 rings (SSSR count). The van der Waals surface area contributed by atoms with Crippen LogP contribution in [-0.4, -0.2) is 30.7 Å². The fraction of sp³-hybridized carbons (Fsp3) is 0.444. The predicted octanol–water partition coefficient (Wildman–Crippen LogP) is 3.31. The van der Waals surface area contributed by atoms with Crippen LogP contribution in [0.3, 0.4) is 0 Å². The minimum atomic E-state index is -1.07. The van der Waals surface area contributed by atoms with Crippen LogP contribution >= 0.6 is 15.9 Å². The van der Waals surface area contributed by atoms with E-state index in [0.29, 0.717) is 0 Å². The first-order valence-electron chi connectivity index (χ1n) is 7.62. The average Bonchev–Trinajstić information content (AvgIpc) is 2.50. The van der Waals surface area contributed by atoms with Gasteiger partial charge in [-0.1, -0.05) is 40.2 Å². The van der Waals surface area contributed by atoms with Gasteiger partial charge in [-0.2, -0.15) is 0 Å². The lowest BCUT2D eigenvalue weighted by Gasteiger charge is -2.25. The molecule has 0 bridgehead atoms. The van der Waals surface area contributed by atoms with Crippen LogP contribution in [0.1, 0.15) is 32.8 Å². The second-order valence-corrected chi connectivity index (χ2v) is 7.29. The molecule has 0 spiro atoms. The number of rotatable bonds is 6. The van der Waals surface area contributed by atoms with E-state index in [0.717, 1.165) is 10.0 Å². The van der Waals surface area contributed by atoms with Crippen molar-refractivity contribution in [1.82, 2.24) is 0 Å². The zero-order chi connectivity index (χ0) is 18.3. The summed E-state index contributed by atoms with van der Waals surface area (Å²) in [5.74, 6) is -1.95. The smallest absolute Gasteiger partial charge is 0.323 e. The van der Waals surface area contributed by atoms with Gasteiger partial charge in [0.1, 0.15) is 11.6 Å². The van der Waals surface area contributed by atoms with E-state index < -0.39 is 29.5 Å². The number of ether oxygens (including phenoxy) is 2. The van der Waals surface area contributed by atoms with Gasteiger partial charge in [0.25, 0.3) is 0 Å². The Morgan fingerprint density at radius 2 is 1.79 bits per heavy atom.